The van der Waals surface area contributed by atoms with Crippen LogP contribution in [0.2, 0.25) is 0 Å². The van der Waals surface area contributed by atoms with E-state index in [0.717, 1.165) is 12.8 Å². The third kappa shape index (κ3) is 4.50. The molecule has 1 amide bonds. The molecular formula is C21H21N3O5S. The van der Waals surface area contributed by atoms with Gasteiger partial charge in [-0.2, -0.15) is 9.57 Å². The van der Waals surface area contributed by atoms with Crippen LogP contribution in [0.4, 0.5) is 5.69 Å². The summed E-state index contributed by atoms with van der Waals surface area (Å²) in [5, 5.41) is 20.7. The fraction of sp³-hybridized carbons (Fsp3) is 0.286. The summed E-state index contributed by atoms with van der Waals surface area (Å²) in [4.78, 5) is 24.0. The number of nitrogens with one attached hydrogen (secondary N) is 1. The summed E-state index contributed by atoms with van der Waals surface area (Å²) in [5.74, 6) is -1.56. The summed E-state index contributed by atoms with van der Waals surface area (Å²) in [6, 6.07) is 11.3. The number of carboxylic acids is 1. The van der Waals surface area contributed by atoms with Gasteiger partial charge >= 0.3 is 5.97 Å². The van der Waals surface area contributed by atoms with Gasteiger partial charge in [-0.1, -0.05) is 6.92 Å². The summed E-state index contributed by atoms with van der Waals surface area (Å²) in [5.41, 5.74) is 0.181. The molecule has 30 heavy (non-hydrogen) atoms. The van der Waals surface area contributed by atoms with Crippen LogP contribution in [0, 0.1) is 17.2 Å². The fourth-order valence-corrected chi connectivity index (χ4v) is 4.98. The third-order valence-electron chi connectivity index (χ3n) is 5.00. The molecule has 2 aromatic rings. The van der Waals surface area contributed by atoms with E-state index in [-0.39, 0.29) is 27.3 Å². The standard InChI is InChI=1S/C21H21N3O5S/c1-14-3-2-10-24(13-14)30(28,29)17-7-5-16(6-8-17)20(25)23-19-9-4-15(12-22)11-18(19)21(26)27/h4-9,11,14H,2-3,10,13H2,1H3,(H,23,25)(H,26,27). The molecule has 1 unspecified atom stereocenters. The Morgan fingerprint density at radius 3 is 2.50 bits per heavy atom. The molecule has 0 radical (unpaired) electrons. The quantitative estimate of drug-likeness (QED) is 0.755. The Hall–Kier alpha value is -3.22. The van der Waals surface area contributed by atoms with Crippen LogP contribution in [-0.4, -0.2) is 42.8 Å². The second-order valence-electron chi connectivity index (χ2n) is 7.27. The van der Waals surface area contributed by atoms with E-state index in [0.29, 0.717) is 19.0 Å². The van der Waals surface area contributed by atoms with Gasteiger partial charge in [-0.05, 0) is 61.2 Å². The molecule has 1 atom stereocenters. The smallest absolute Gasteiger partial charge is 0.337 e. The molecule has 0 saturated carbocycles. The second-order valence-corrected chi connectivity index (χ2v) is 9.20. The molecule has 1 saturated heterocycles. The highest BCUT2D eigenvalue weighted by molar-refractivity contribution is 7.89. The van der Waals surface area contributed by atoms with Crippen molar-refractivity contribution in [3.05, 3.63) is 59.2 Å². The number of carbonyl (C=O) groups is 2. The van der Waals surface area contributed by atoms with Gasteiger partial charge in [0.1, 0.15) is 0 Å². The molecular weight excluding hydrogens is 406 g/mol. The lowest BCUT2D eigenvalue weighted by molar-refractivity contribution is 0.0698. The van der Waals surface area contributed by atoms with E-state index in [4.69, 9.17) is 5.26 Å². The fourth-order valence-electron chi connectivity index (χ4n) is 3.39. The number of piperidine rings is 1. The molecule has 2 N–H and O–H groups in total. The van der Waals surface area contributed by atoms with Gasteiger partial charge in [0.05, 0.1) is 27.8 Å². The summed E-state index contributed by atoms with van der Waals surface area (Å²) in [6.07, 6.45) is 1.82. The first-order chi connectivity index (χ1) is 14.2. The largest absolute Gasteiger partial charge is 0.478 e. The van der Waals surface area contributed by atoms with Crippen molar-refractivity contribution in [2.75, 3.05) is 18.4 Å². The number of hydrogen-bond acceptors (Lipinski definition) is 5. The molecule has 1 heterocycles. The minimum atomic E-state index is -3.63. The Balaban J connectivity index is 1.79. The van der Waals surface area contributed by atoms with Crippen LogP contribution in [0.15, 0.2) is 47.4 Å². The number of sulfonamides is 1. The third-order valence-corrected chi connectivity index (χ3v) is 6.88. The van der Waals surface area contributed by atoms with E-state index < -0.39 is 21.9 Å². The van der Waals surface area contributed by atoms with Crippen LogP contribution in [0.3, 0.4) is 0 Å². The topological polar surface area (TPSA) is 128 Å². The van der Waals surface area contributed by atoms with Crippen molar-refractivity contribution in [2.24, 2.45) is 5.92 Å². The molecule has 0 aliphatic carbocycles. The van der Waals surface area contributed by atoms with Crippen molar-refractivity contribution < 1.29 is 23.1 Å². The van der Waals surface area contributed by atoms with Crippen LogP contribution >= 0.6 is 0 Å². The Morgan fingerprint density at radius 1 is 1.20 bits per heavy atom. The zero-order valence-corrected chi connectivity index (χ0v) is 17.1. The summed E-state index contributed by atoms with van der Waals surface area (Å²) >= 11 is 0. The van der Waals surface area contributed by atoms with Crippen molar-refractivity contribution in [1.29, 1.82) is 5.26 Å². The summed E-state index contributed by atoms with van der Waals surface area (Å²) in [6.45, 7) is 2.97. The number of nitrogens with zero attached hydrogens (tertiary/aromatic N) is 2. The predicted octanol–water partition coefficient (Wildman–Crippen LogP) is 2.93. The SMILES string of the molecule is CC1CCCN(S(=O)(=O)c2ccc(C(=O)Nc3ccc(C#N)cc3C(=O)O)cc2)C1. The van der Waals surface area contributed by atoms with E-state index in [1.54, 1.807) is 0 Å². The van der Waals surface area contributed by atoms with Crippen LogP contribution < -0.4 is 5.32 Å². The van der Waals surface area contributed by atoms with Crippen LogP contribution in [0.5, 0.6) is 0 Å². The predicted molar refractivity (Wildman–Crippen MR) is 110 cm³/mol. The monoisotopic (exact) mass is 427 g/mol. The number of hydrogen-bond donors (Lipinski definition) is 2. The van der Waals surface area contributed by atoms with Gasteiger partial charge in [0.15, 0.2) is 0 Å². The number of carbonyl (C=O) groups excluding carboxylic acids is 1. The normalized spacial score (nSPS) is 17.1. The zero-order valence-electron chi connectivity index (χ0n) is 16.3. The lowest BCUT2D eigenvalue weighted by Crippen LogP contribution is -2.39. The molecule has 0 spiro atoms. The summed E-state index contributed by atoms with van der Waals surface area (Å²) < 4.78 is 27.1. The highest BCUT2D eigenvalue weighted by Gasteiger charge is 2.28. The molecule has 3 rings (SSSR count). The minimum Gasteiger partial charge on any atom is -0.478 e. The Labute approximate surface area is 174 Å². The molecule has 0 bridgehead atoms. The first kappa shape index (κ1) is 21.5. The lowest BCUT2D eigenvalue weighted by Gasteiger charge is -2.30. The van der Waals surface area contributed by atoms with Gasteiger partial charge in [0.25, 0.3) is 5.91 Å². The number of carboxylic acid groups (broad SMARTS) is 1. The number of nitriles is 1. The molecule has 1 aliphatic heterocycles. The second kappa shape index (κ2) is 8.65. The van der Waals surface area contributed by atoms with Gasteiger partial charge in [-0.15, -0.1) is 0 Å². The van der Waals surface area contributed by atoms with Gasteiger partial charge in [-0.3, -0.25) is 4.79 Å². The van der Waals surface area contributed by atoms with Crippen LogP contribution in [0.25, 0.3) is 0 Å². The first-order valence-electron chi connectivity index (χ1n) is 9.41. The van der Waals surface area contributed by atoms with Gasteiger partial charge in [0.2, 0.25) is 10.0 Å². The maximum atomic E-state index is 12.8. The van der Waals surface area contributed by atoms with E-state index in [9.17, 15) is 23.1 Å². The molecule has 1 aliphatic rings. The van der Waals surface area contributed by atoms with Crippen molar-refractivity contribution in [1.82, 2.24) is 4.31 Å². The number of anilines is 1. The van der Waals surface area contributed by atoms with Crippen molar-refractivity contribution in [3.8, 4) is 6.07 Å². The number of aromatic carboxylic acids is 1. The van der Waals surface area contributed by atoms with E-state index >= 15 is 0 Å². The molecule has 156 valence electrons. The Bertz CT molecular complexity index is 1120. The van der Waals surface area contributed by atoms with E-state index in [1.165, 1.54) is 46.8 Å². The molecule has 9 heteroatoms. The Morgan fingerprint density at radius 2 is 1.90 bits per heavy atom. The Kier molecular flexibility index (Phi) is 6.20. The van der Waals surface area contributed by atoms with Gasteiger partial charge in [0, 0.05) is 18.7 Å². The molecule has 8 nitrogen and oxygen atoms in total. The highest BCUT2D eigenvalue weighted by Crippen LogP contribution is 2.24. The molecule has 0 aromatic heterocycles. The zero-order chi connectivity index (χ0) is 21.9. The van der Waals surface area contributed by atoms with Gasteiger partial charge in [-0.25, -0.2) is 13.2 Å². The number of rotatable bonds is 5. The van der Waals surface area contributed by atoms with Crippen LogP contribution in [-0.2, 0) is 10.0 Å². The van der Waals surface area contributed by atoms with Crippen molar-refractivity contribution in [2.45, 2.75) is 24.7 Å². The maximum Gasteiger partial charge on any atom is 0.337 e. The average molecular weight is 427 g/mol. The first-order valence-corrected chi connectivity index (χ1v) is 10.9. The molecule has 2 aromatic carbocycles. The van der Waals surface area contributed by atoms with E-state index in [1.807, 2.05) is 13.0 Å². The maximum absolute atomic E-state index is 12.8. The number of benzene rings is 2. The lowest BCUT2D eigenvalue weighted by atomic mass is 10.0. The van der Waals surface area contributed by atoms with Crippen LogP contribution in [0.1, 0.15) is 46.0 Å². The molecule has 1 fully saturated rings. The highest BCUT2D eigenvalue weighted by atomic mass is 32.2. The summed E-state index contributed by atoms with van der Waals surface area (Å²) in [7, 11) is -3.63. The van der Waals surface area contributed by atoms with Gasteiger partial charge < -0.3 is 10.4 Å². The van der Waals surface area contributed by atoms with Crippen molar-refractivity contribution >= 4 is 27.6 Å². The average Bonchev–Trinajstić information content (AvgIpc) is 2.74. The van der Waals surface area contributed by atoms with Crippen molar-refractivity contribution in [3.63, 3.8) is 0 Å². The minimum absolute atomic E-state index is 0.0468. The number of amides is 1. The van der Waals surface area contributed by atoms with E-state index in [2.05, 4.69) is 5.32 Å².